The summed E-state index contributed by atoms with van der Waals surface area (Å²) in [6.07, 6.45) is -9.29. The number of rotatable bonds is 16. The van der Waals surface area contributed by atoms with Crippen LogP contribution < -0.4 is 19.6 Å². The van der Waals surface area contributed by atoms with Crippen molar-refractivity contribution in [2.75, 3.05) is 19.6 Å². The quantitative estimate of drug-likeness (QED) is 0.0545. The molecule has 0 aliphatic rings. The number of benzene rings is 20. The summed E-state index contributed by atoms with van der Waals surface area (Å²) < 4.78 is 242. The summed E-state index contributed by atoms with van der Waals surface area (Å²) >= 11 is 0. The van der Waals surface area contributed by atoms with Crippen molar-refractivity contribution < 1.29 is 70.2 Å². The number of alkyl halides is 6. The highest BCUT2D eigenvalue weighted by Gasteiger charge is 2.35. The van der Waals surface area contributed by atoms with Gasteiger partial charge in [-0.05, 0) is 212 Å². The van der Waals surface area contributed by atoms with Crippen LogP contribution in [0.25, 0.3) is 119 Å². The molecule has 0 atom stereocenters. The van der Waals surface area contributed by atoms with E-state index in [1.165, 1.54) is 87.5 Å². The normalized spacial score (nSPS) is 11.6. The molecule has 0 saturated heterocycles. The SMILES string of the molecule is [C-]#[N+]c1ccc(N(c2cc(F)c(-c3ccc(C(F)(F)F)cc3)cc2F)c2ccc3ccc4c(N(c5ccc(C#N)cc5)c5cc(F)c(-c6ccc(C(F)(F)F)cc6)cc5F)ccc5ccc2c3c54)cc1.[C-]#[N+]c1ccc(N(c2cc(F)c(-c3ccccc3F)cc2F)c2ccc3ccc4c(N(c5ccc(C#N)cc5)c5cc(F)c(-c6ccccc6F)cc5F)ccc5ccc2c3c54)cc1. The molecule has 0 aromatic heterocycles. The van der Waals surface area contributed by atoms with Gasteiger partial charge in [0.15, 0.2) is 11.4 Å². The zero-order chi connectivity index (χ0) is 93.4. The third-order valence-corrected chi connectivity index (χ3v) is 23.7. The minimum atomic E-state index is -4.64. The number of hydrogen-bond acceptors (Lipinski definition) is 6. The molecule has 0 fully saturated rings. The van der Waals surface area contributed by atoms with Crippen molar-refractivity contribution in [3.05, 3.63) is 443 Å². The van der Waals surface area contributed by atoms with Gasteiger partial charge in [-0.1, -0.05) is 158 Å². The molecular weight excluding hydrogens is 1740 g/mol. The molecule has 0 N–H and O–H groups in total. The van der Waals surface area contributed by atoms with Crippen molar-refractivity contribution >= 4 is 144 Å². The molecule has 20 aromatic rings. The average Bonchev–Trinajstić information content (AvgIpc) is 0.719. The number of halogens is 16. The first-order valence-corrected chi connectivity index (χ1v) is 41.0. The Hall–Kier alpha value is -17.5. The van der Waals surface area contributed by atoms with Crippen LogP contribution in [0.4, 0.5) is 150 Å². The fourth-order valence-corrected chi connectivity index (χ4v) is 17.4. The van der Waals surface area contributed by atoms with Crippen molar-refractivity contribution in [1.82, 2.24) is 0 Å². The van der Waals surface area contributed by atoms with E-state index in [0.717, 1.165) is 119 Å². The van der Waals surface area contributed by atoms with Crippen molar-refractivity contribution in [2.24, 2.45) is 0 Å². The molecule has 134 heavy (non-hydrogen) atoms. The molecule has 20 aromatic carbocycles. The van der Waals surface area contributed by atoms with Crippen LogP contribution in [-0.2, 0) is 12.4 Å². The maximum Gasteiger partial charge on any atom is 0.416 e. The van der Waals surface area contributed by atoms with Crippen LogP contribution in [0.1, 0.15) is 22.3 Å². The first kappa shape index (κ1) is 85.9. The average molecular weight is 1790 g/mol. The van der Waals surface area contributed by atoms with Gasteiger partial charge < -0.3 is 19.6 Å². The fourth-order valence-electron chi connectivity index (χ4n) is 17.4. The molecule has 24 heteroatoms. The summed E-state index contributed by atoms with van der Waals surface area (Å²) in [5.74, 6) is -8.54. The highest BCUT2D eigenvalue weighted by Crippen LogP contribution is 2.54. The lowest BCUT2D eigenvalue weighted by Crippen LogP contribution is -2.14. The zero-order valence-corrected chi connectivity index (χ0v) is 69.0. The molecule has 0 aliphatic carbocycles. The second-order valence-electron chi connectivity index (χ2n) is 31.3. The van der Waals surface area contributed by atoms with E-state index in [1.807, 2.05) is 54.6 Å². The van der Waals surface area contributed by atoms with Gasteiger partial charge in [0.25, 0.3) is 0 Å². The highest BCUT2D eigenvalue weighted by atomic mass is 19.4. The molecule has 8 nitrogen and oxygen atoms in total. The first-order chi connectivity index (χ1) is 64.6. The van der Waals surface area contributed by atoms with Crippen LogP contribution in [0.15, 0.2) is 340 Å². The molecule has 0 radical (unpaired) electrons. The van der Waals surface area contributed by atoms with E-state index >= 15 is 35.1 Å². The Bertz CT molecular complexity index is 7790. The standard InChI is InChI=1S/C56H28F10N4.C54H28F6N4/c1-68-38-16-20-40(21-17-38)70(52-29-46(58)44(27-48(52)60)33-6-14-37(15-7-33)56(64,65)66)50-25-11-35-8-22-41-49(24-10-34-9-23-42(50)54(35)53(34)41)69(39-18-2-31(30-67)3-19-39)51-28-45(57)43(26-47(51)59)32-4-12-36(13-5-32)55(61,62)63;1-62-34-16-20-36(21-17-34)64(52-29-46(58)42(27-48(52)60)38-7-3-5-9-44(38)56)50-25-15-33-12-22-39-49(24-14-32-13-23-40(50)54(33)53(32)39)63(35-18-10-31(30-61)11-19-35)51-28-45(57)41(26-47(51)59)37-6-2-4-8-43(37)55/h2-29H;2-29H. The Morgan fingerprint density at radius 2 is 0.478 bits per heavy atom. The van der Waals surface area contributed by atoms with E-state index in [2.05, 4.69) is 15.8 Å². The Morgan fingerprint density at radius 3 is 0.731 bits per heavy atom. The van der Waals surface area contributed by atoms with E-state index in [0.29, 0.717) is 99.8 Å². The largest absolute Gasteiger partial charge is 0.416 e. The summed E-state index contributed by atoms with van der Waals surface area (Å²) in [6, 6.07) is 84.3. The second-order valence-corrected chi connectivity index (χ2v) is 31.3. The molecule has 0 heterocycles. The van der Waals surface area contributed by atoms with Gasteiger partial charge in [0, 0.05) is 102 Å². The third kappa shape index (κ3) is 15.5. The lowest BCUT2D eigenvalue weighted by Gasteiger charge is -2.30. The van der Waals surface area contributed by atoms with E-state index in [-0.39, 0.29) is 78.5 Å². The Kier molecular flexibility index (Phi) is 21.9. The van der Waals surface area contributed by atoms with Crippen LogP contribution in [0.2, 0.25) is 0 Å². The van der Waals surface area contributed by atoms with Gasteiger partial charge in [0.05, 0.1) is 93.0 Å². The van der Waals surface area contributed by atoms with Crippen LogP contribution in [0.3, 0.4) is 0 Å². The van der Waals surface area contributed by atoms with Gasteiger partial charge in [0.1, 0.15) is 58.2 Å². The van der Waals surface area contributed by atoms with Crippen molar-refractivity contribution in [2.45, 2.75) is 12.4 Å². The third-order valence-electron chi connectivity index (χ3n) is 23.7. The summed E-state index contributed by atoms with van der Waals surface area (Å²) in [5.41, 5.74) is 0.246. The Balaban J connectivity index is 0.000000173. The summed E-state index contributed by atoms with van der Waals surface area (Å²) in [5, 5.41) is 27.3. The number of hydrogen-bond donors (Lipinski definition) is 0. The van der Waals surface area contributed by atoms with E-state index in [4.69, 9.17) is 13.1 Å². The van der Waals surface area contributed by atoms with Gasteiger partial charge in [-0.2, -0.15) is 36.9 Å². The van der Waals surface area contributed by atoms with Gasteiger partial charge in [-0.25, -0.2) is 53.6 Å². The molecular formula is C110H56F16N8. The smallest absolute Gasteiger partial charge is 0.307 e. The predicted molar refractivity (Wildman–Crippen MR) is 492 cm³/mol. The second kappa shape index (κ2) is 34.2. The topological polar surface area (TPSA) is 69.3 Å². The molecule has 20 rings (SSSR count). The first-order valence-electron chi connectivity index (χ1n) is 41.0. The Labute approximate surface area is 752 Å². The molecule has 0 aliphatic heterocycles. The van der Waals surface area contributed by atoms with Crippen LogP contribution >= 0.6 is 0 Å². The lowest BCUT2D eigenvalue weighted by atomic mass is 9.91. The predicted octanol–water partition coefficient (Wildman–Crippen LogP) is 34.0. The van der Waals surface area contributed by atoms with Gasteiger partial charge in [0.2, 0.25) is 0 Å². The van der Waals surface area contributed by atoms with Gasteiger partial charge in [-0.3, -0.25) is 0 Å². The van der Waals surface area contributed by atoms with E-state index < -0.39 is 81.7 Å². The van der Waals surface area contributed by atoms with Crippen LogP contribution in [-0.4, -0.2) is 0 Å². The molecule has 648 valence electrons. The summed E-state index contributed by atoms with van der Waals surface area (Å²) in [4.78, 5) is 13.0. The summed E-state index contributed by atoms with van der Waals surface area (Å²) in [6.45, 7) is 15.0. The molecule has 0 unspecified atom stereocenters. The van der Waals surface area contributed by atoms with Crippen LogP contribution in [0, 0.1) is 94.0 Å². The fraction of sp³-hybridized carbons (Fsp3) is 0.0182. The monoisotopic (exact) mass is 1790 g/mol. The zero-order valence-electron chi connectivity index (χ0n) is 69.0. The maximum atomic E-state index is 16.7. The minimum absolute atomic E-state index is 0.00787. The van der Waals surface area contributed by atoms with Gasteiger partial charge >= 0.3 is 12.4 Å². The van der Waals surface area contributed by atoms with E-state index in [9.17, 15) is 45.6 Å². The van der Waals surface area contributed by atoms with Crippen molar-refractivity contribution in [1.29, 1.82) is 10.5 Å². The maximum absolute atomic E-state index is 16.7. The van der Waals surface area contributed by atoms with Crippen LogP contribution in [0.5, 0.6) is 0 Å². The minimum Gasteiger partial charge on any atom is -0.307 e. The molecule has 0 saturated carbocycles. The number of nitriles is 2. The Morgan fingerprint density at radius 1 is 0.231 bits per heavy atom. The van der Waals surface area contributed by atoms with E-state index in [1.54, 1.807) is 126 Å². The number of nitrogens with zero attached hydrogens (tertiary/aromatic N) is 8. The highest BCUT2D eigenvalue weighted by molar-refractivity contribution is 6.30. The van der Waals surface area contributed by atoms with Gasteiger partial charge in [-0.15, -0.1) is 0 Å². The molecule has 0 bridgehead atoms. The number of anilines is 12. The summed E-state index contributed by atoms with van der Waals surface area (Å²) in [7, 11) is 0. The lowest BCUT2D eigenvalue weighted by molar-refractivity contribution is -0.138. The van der Waals surface area contributed by atoms with Crippen molar-refractivity contribution in [3.63, 3.8) is 0 Å². The molecule has 0 spiro atoms. The molecule has 0 amide bonds. The van der Waals surface area contributed by atoms with Crippen molar-refractivity contribution in [3.8, 4) is 56.6 Å².